The first-order valence-corrected chi connectivity index (χ1v) is 9.39. The van der Waals surface area contributed by atoms with Gasteiger partial charge in [0.05, 0.1) is 19.8 Å². The van der Waals surface area contributed by atoms with E-state index in [2.05, 4.69) is 43.0 Å². The molecule has 0 N–H and O–H groups in total. The molecule has 0 saturated heterocycles. The molecule has 0 atom stereocenters. The van der Waals surface area contributed by atoms with Crippen molar-refractivity contribution in [1.29, 1.82) is 0 Å². The highest BCUT2D eigenvalue weighted by molar-refractivity contribution is 5.14. The minimum Gasteiger partial charge on any atom is -0.377 e. The minimum atomic E-state index is 0.685. The molecule has 2 heteroatoms. The van der Waals surface area contributed by atoms with Crippen molar-refractivity contribution in [1.82, 2.24) is 0 Å². The summed E-state index contributed by atoms with van der Waals surface area (Å²) in [5, 5.41) is 0. The molecule has 0 amide bonds. The van der Waals surface area contributed by atoms with E-state index in [0.717, 1.165) is 38.9 Å². The Bertz CT molecular complexity index is 632. The zero-order valence-electron chi connectivity index (χ0n) is 15.6. The second-order valence-electron chi connectivity index (χ2n) is 6.39. The smallest absolute Gasteiger partial charge is 0.0717 e. The van der Waals surface area contributed by atoms with E-state index < -0.39 is 0 Å². The molecule has 0 heterocycles. The quantitative estimate of drug-likeness (QED) is 0.321. The van der Waals surface area contributed by atoms with Crippen molar-refractivity contribution in [2.24, 2.45) is 0 Å². The van der Waals surface area contributed by atoms with Gasteiger partial charge in [0.2, 0.25) is 0 Å². The Labute approximate surface area is 158 Å². The fourth-order valence-corrected chi connectivity index (χ4v) is 2.57. The van der Waals surface area contributed by atoms with Crippen molar-refractivity contribution in [3.05, 3.63) is 96.1 Å². The molecule has 0 radical (unpaired) electrons. The van der Waals surface area contributed by atoms with Crippen molar-refractivity contribution in [3.63, 3.8) is 0 Å². The SMILES string of the molecule is C=C(C/C=C/CCOCc1ccccc1)CCCOCc1ccccc1. The zero-order chi connectivity index (χ0) is 18.3. The molecular formula is C24H30O2. The van der Waals surface area contributed by atoms with E-state index in [9.17, 15) is 0 Å². The average molecular weight is 351 g/mol. The van der Waals surface area contributed by atoms with Gasteiger partial charge < -0.3 is 9.47 Å². The van der Waals surface area contributed by atoms with Crippen LogP contribution in [-0.4, -0.2) is 13.2 Å². The van der Waals surface area contributed by atoms with Crippen molar-refractivity contribution in [2.45, 2.75) is 38.9 Å². The number of hydrogen-bond acceptors (Lipinski definition) is 2. The number of hydrogen-bond donors (Lipinski definition) is 0. The first-order chi connectivity index (χ1) is 12.8. The van der Waals surface area contributed by atoms with E-state index in [1.54, 1.807) is 0 Å². The van der Waals surface area contributed by atoms with Gasteiger partial charge in [0, 0.05) is 6.61 Å². The van der Waals surface area contributed by atoms with Gasteiger partial charge in [-0.05, 0) is 36.8 Å². The number of benzene rings is 2. The zero-order valence-corrected chi connectivity index (χ0v) is 15.6. The van der Waals surface area contributed by atoms with Crippen molar-refractivity contribution in [3.8, 4) is 0 Å². The lowest BCUT2D eigenvalue weighted by atomic mass is 10.1. The van der Waals surface area contributed by atoms with Gasteiger partial charge in [-0.15, -0.1) is 0 Å². The summed E-state index contributed by atoms with van der Waals surface area (Å²) in [4.78, 5) is 0. The maximum Gasteiger partial charge on any atom is 0.0717 e. The first kappa shape index (κ1) is 20.2. The molecular weight excluding hydrogens is 320 g/mol. The molecule has 0 unspecified atom stereocenters. The highest BCUT2D eigenvalue weighted by atomic mass is 16.5. The Kier molecular flexibility index (Phi) is 10.2. The van der Waals surface area contributed by atoms with Crippen LogP contribution in [0.5, 0.6) is 0 Å². The fraction of sp³-hybridized carbons (Fsp3) is 0.333. The molecule has 0 aliphatic heterocycles. The standard InChI is InChI=1S/C24H30O2/c1-22(13-11-19-26-21-24-16-8-3-9-17-24)12-5-4-10-18-25-20-23-14-6-2-7-15-23/h2-9,14-17H,1,10-13,18-21H2/b5-4+. The highest BCUT2D eigenvalue weighted by Crippen LogP contribution is 2.09. The van der Waals surface area contributed by atoms with E-state index in [0.29, 0.717) is 13.2 Å². The predicted molar refractivity (Wildman–Crippen MR) is 109 cm³/mol. The summed E-state index contributed by atoms with van der Waals surface area (Å²) in [6.45, 7) is 7.06. The Morgan fingerprint density at radius 3 is 1.96 bits per heavy atom. The lowest BCUT2D eigenvalue weighted by Gasteiger charge is -2.05. The summed E-state index contributed by atoms with van der Waals surface area (Å²) in [6, 6.07) is 20.6. The predicted octanol–water partition coefficient (Wildman–Crippen LogP) is 6.09. The van der Waals surface area contributed by atoms with Crippen molar-refractivity contribution < 1.29 is 9.47 Å². The lowest BCUT2D eigenvalue weighted by molar-refractivity contribution is 0.118. The van der Waals surface area contributed by atoms with Gasteiger partial charge in [-0.2, -0.15) is 0 Å². The Morgan fingerprint density at radius 2 is 1.35 bits per heavy atom. The summed E-state index contributed by atoms with van der Waals surface area (Å²) in [6.07, 6.45) is 8.31. The third-order valence-corrected chi connectivity index (χ3v) is 4.04. The van der Waals surface area contributed by atoms with Gasteiger partial charge >= 0.3 is 0 Å². The van der Waals surface area contributed by atoms with Crippen LogP contribution in [0.3, 0.4) is 0 Å². The summed E-state index contributed by atoms with van der Waals surface area (Å²) >= 11 is 0. The van der Waals surface area contributed by atoms with Gasteiger partial charge in [0.25, 0.3) is 0 Å². The van der Waals surface area contributed by atoms with Crippen LogP contribution >= 0.6 is 0 Å². The molecule has 0 aromatic heterocycles. The number of rotatable bonds is 13. The summed E-state index contributed by atoms with van der Waals surface area (Å²) < 4.78 is 11.4. The third kappa shape index (κ3) is 9.36. The number of allylic oxidation sites excluding steroid dienone is 2. The van der Waals surface area contributed by atoms with Crippen molar-refractivity contribution in [2.75, 3.05) is 13.2 Å². The molecule has 0 spiro atoms. The van der Waals surface area contributed by atoms with Gasteiger partial charge in [-0.3, -0.25) is 0 Å². The Balaban J connectivity index is 1.42. The van der Waals surface area contributed by atoms with Gasteiger partial charge in [-0.1, -0.05) is 85.0 Å². The summed E-state index contributed by atoms with van der Waals surface area (Å²) in [5.74, 6) is 0. The third-order valence-electron chi connectivity index (χ3n) is 4.04. The maximum absolute atomic E-state index is 5.70. The second kappa shape index (κ2) is 13.1. The van der Waals surface area contributed by atoms with Crippen LogP contribution in [0, 0.1) is 0 Å². The lowest BCUT2D eigenvalue weighted by Crippen LogP contribution is -1.96. The molecule has 0 bridgehead atoms. The molecule has 26 heavy (non-hydrogen) atoms. The van der Waals surface area contributed by atoms with Crippen LogP contribution < -0.4 is 0 Å². The van der Waals surface area contributed by atoms with Crippen molar-refractivity contribution >= 4 is 0 Å². The molecule has 0 aliphatic rings. The van der Waals surface area contributed by atoms with Crippen LogP contribution in [-0.2, 0) is 22.7 Å². The van der Waals surface area contributed by atoms with E-state index >= 15 is 0 Å². The molecule has 2 nitrogen and oxygen atoms in total. The van der Waals surface area contributed by atoms with E-state index in [4.69, 9.17) is 9.47 Å². The number of ether oxygens (including phenoxy) is 2. The average Bonchev–Trinajstić information content (AvgIpc) is 2.68. The molecule has 2 aromatic rings. The van der Waals surface area contributed by atoms with Gasteiger partial charge in [0.15, 0.2) is 0 Å². The normalized spacial score (nSPS) is 11.1. The van der Waals surface area contributed by atoms with Crippen LogP contribution in [0.4, 0.5) is 0 Å². The Hall–Kier alpha value is -2.16. The molecule has 0 fully saturated rings. The van der Waals surface area contributed by atoms with Gasteiger partial charge in [-0.25, -0.2) is 0 Å². The molecule has 138 valence electrons. The van der Waals surface area contributed by atoms with Gasteiger partial charge in [0.1, 0.15) is 0 Å². The first-order valence-electron chi connectivity index (χ1n) is 9.39. The molecule has 2 rings (SSSR count). The van der Waals surface area contributed by atoms with Crippen LogP contribution in [0.15, 0.2) is 85.0 Å². The largest absolute Gasteiger partial charge is 0.377 e. The maximum atomic E-state index is 5.70. The monoisotopic (exact) mass is 350 g/mol. The Morgan fingerprint density at radius 1 is 0.769 bits per heavy atom. The summed E-state index contributed by atoms with van der Waals surface area (Å²) in [5.41, 5.74) is 3.71. The van der Waals surface area contributed by atoms with Crippen LogP contribution in [0.25, 0.3) is 0 Å². The van der Waals surface area contributed by atoms with Crippen LogP contribution in [0.2, 0.25) is 0 Å². The summed E-state index contributed by atoms with van der Waals surface area (Å²) in [7, 11) is 0. The molecule has 0 saturated carbocycles. The molecule has 2 aromatic carbocycles. The van der Waals surface area contributed by atoms with Crippen LogP contribution in [0.1, 0.15) is 36.8 Å². The highest BCUT2D eigenvalue weighted by Gasteiger charge is 1.95. The minimum absolute atomic E-state index is 0.685. The molecule has 0 aliphatic carbocycles. The van der Waals surface area contributed by atoms with E-state index in [1.165, 1.54) is 16.7 Å². The second-order valence-corrected chi connectivity index (χ2v) is 6.39. The topological polar surface area (TPSA) is 18.5 Å². The fourth-order valence-electron chi connectivity index (χ4n) is 2.57. The van der Waals surface area contributed by atoms with E-state index in [1.807, 2.05) is 36.4 Å². The van der Waals surface area contributed by atoms with E-state index in [-0.39, 0.29) is 0 Å².